The van der Waals surface area contributed by atoms with Crippen LogP contribution in [0.1, 0.15) is 33.0 Å². The van der Waals surface area contributed by atoms with Gasteiger partial charge < -0.3 is 9.84 Å². The number of ether oxygens (including phenoxy) is 1. The number of carboxylic acid groups (broad SMARTS) is 1. The third-order valence-corrected chi connectivity index (χ3v) is 9.25. The van der Waals surface area contributed by atoms with Crippen LogP contribution in [0, 0.1) is 11.8 Å². The second kappa shape index (κ2) is 9.21. The average Bonchev–Trinajstić information content (AvgIpc) is 3.25. The number of amides is 1. The molecule has 1 aliphatic carbocycles. The van der Waals surface area contributed by atoms with Gasteiger partial charge in [0.25, 0.3) is 0 Å². The molecule has 11 heteroatoms. The lowest BCUT2D eigenvalue weighted by Crippen LogP contribution is -2.17. The van der Waals surface area contributed by atoms with Crippen molar-refractivity contribution >= 4 is 84.6 Å². The molecule has 0 atom stereocenters. The van der Waals surface area contributed by atoms with E-state index in [2.05, 4.69) is 21.5 Å². The predicted molar refractivity (Wildman–Crippen MR) is 137 cm³/mol. The molecule has 1 saturated carbocycles. The highest BCUT2D eigenvalue weighted by Gasteiger charge is 2.53. The number of rotatable bonds is 5. The standard InChI is InChI=1S/C23H14Cl2N2O4S3/c24-14-4-2-1-3-12(14)11-31-22(30)26-19-15(34-27-20(19)25)6-5-13-9-16-17(32-13)10-18(33-16)23(7-8-23)21(28)29/h1-4,9-10H,7-8,11H2,(H,26,30)(H,28,29). The molecule has 34 heavy (non-hydrogen) atoms. The molecule has 172 valence electrons. The van der Waals surface area contributed by atoms with E-state index in [9.17, 15) is 14.7 Å². The molecule has 0 unspecified atom stereocenters. The zero-order valence-corrected chi connectivity index (χ0v) is 21.1. The van der Waals surface area contributed by atoms with Gasteiger partial charge in [-0.05, 0) is 54.4 Å². The van der Waals surface area contributed by atoms with Gasteiger partial charge in [0, 0.05) is 24.9 Å². The van der Waals surface area contributed by atoms with Gasteiger partial charge in [0.15, 0.2) is 5.15 Å². The average molecular weight is 549 g/mol. The summed E-state index contributed by atoms with van der Waals surface area (Å²) in [7, 11) is 0. The number of halogens is 2. The Hall–Kier alpha value is -2.61. The number of carbonyl (C=O) groups excluding carboxylic acids is 1. The Kier molecular flexibility index (Phi) is 6.27. The van der Waals surface area contributed by atoms with Crippen molar-refractivity contribution in [1.82, 2.24) is 4.37 Å². The summed E-state index contributed by atoms with van der Waals surface area (Å²) in [6.07, 6.45) is 0.679. The summed E-state index contributed by atoms with van der Waals surface area (Å²) in [4.78, 5) is 26.1. The van der Waals surface area contributed by atoms with Crippen molar-refractivity contribution < 1.29 is 19.4 Å². The number of nitrogens with one attached hydrogen (secondary N) is 1. The van der Waals surface area contributed by atoms with Crippen molar-refractivity contribution in [3.05, 3.63) is 66.8 Å². The molecule has 1 aromatic carbocycles. The molecule has 1 fully saturated rings. The minimum absolute atomic E-state index is 0.0127. The predicted octanol–water partition coefficient (Wildman–Crippen LogP) is 6.99. The highest BCUT2D eigenvalue weighted by molar-refractivity contribution is 7.28. The van der Waals surface area contributed by atoms with Crippen LogP contribution in [0.5, 0.6) is 0 Å². The Balaban J connectivity index is 1.29. The van der Waals surface area contributed by atoms with Crippen molar-refractivity contribution in [2.24, 2.45) is 0 Å². The van der Waals surface area contributed by atoms with Crippen LogP contribution in [-0.2, 0) is 21.6 Å². The van der Waals surface area contributed by atoms with Crippen LogP contribution in [0.4, 0.5) is 10.5 Å². The molecule has 4 aromatic rings. The van der Waals surface area contributed by atoms with Gasteiger partial charge in [0.2, 0.25) is 0 Å². The number of benzene rings is 1. The Bertz CT molecular complexity index is 1460. The van der Waals surface area contributed by atoms with Crippen LogP contribution in [0.3, 0.4) is 0 Å². The van der Waals surface area contributed by atoms with Gasteiger partial charge in [-0.2, -0.15) is 4.37 Å². The van der Waals surface area contributed by atoms with E-state index in [0.29, 0.717) is 34.0 Å². The quantitative estimate of drug-likeness (QED) is 0.262. The zero-order chi connectivity index (χ0) is 23.9. The second-order valence-corrected chi connectivity index (χ2v) is 11.3. The lowest BCUT2D eigenvalue weighted by Gasteiger charge is -2.07. The molecule has 0 aliphatic heterocycles. The van der Waals surface area contributed by atoms with Crippen LogP contribution < -0.4 is 5.32 Å². The Morgan fingerprint density at radius 3 is 2.62 bits per heavy atom. The summed E-state index contributed by atoms with van der Waals surface area (Å²) in [5.41, 5.74) is 0.280. The van der Waals surface area contributed by atoms with E-state index >= 15 is 0 Å². The lowest BCUT2D eigenvalue weighted by atomic mass is 10.1. The molecule has 6 nitrogen and oxygen atoms in total. The molecule has 1 aliphatic rings. The van der Waals surface area contributed by atoms with Gasteiger partial charge in [-0.1, -0.05) is 41.4 Å². The smallest absolute Gasteiger partial charge is 0.412 e. The summed E-state index contributed by atoms with van der Waals surface area (Å²) in [5.74, 6) is 5.35. The fourth-order valence-corrected chi connectivity index (χ4v) is 6.88. The van der Waals surface area contributed by atoms with Crippen LogP contribution in [0.2, 0.25) is 10.2 Å². The molecule has 0 spiro atoms. The van der Waals surface area contributed by atoms with Crippen molar-refractivity contribution in [2.45, 2.75) is 24.9 Å². The van der Waals surface area contributed by atoms with E-state index in [0.717, 1.165) is 30.7 Å². The molecule has 3 heterocycles. The first-order chi connectivity index (χ1) is 16.4. The summed E-state index contributed by atoms with van der Waals surface area (Å²) in [6.45, 7) is 0.0127. The summed E-state index contributed by atoms with van der Waals surface area (Å²) in [5, 5.41) is 12.8. The fraction of sp³-hybridized carbons (Fsp3) is 0.174. The van der Waals surface area contributed by atoms with Gasteiger partial charge >= 0.3 is 12.1 Å². The molecule has 0 saturated heterocycles. The van der Waals surface area contributed by atoms with Gasteiger partial charge in [-0.3, -0.25) is 10.1 Å². The third kappa shape index (κ3) is 4.52. The molecule has 5 rings (SSSR count). The summed E-state index contributed by atoms with van der Waals surface area (Å²) in [6, 6.07) is 11.0. The van der Waals surface area contributed by atoms with E-state index in [1.54, 1.807) is 18.2 Å². The summed E-state index contributed by atoms with van der Waals surface area (Å²) < 4.78 is 11.3. The van der Waals surface area contributed by atoms with Gasteiger partial charge in [0.1, 0.15) is 22.6 Å². The fourth-order valence-electron chi connectivity index (χ4n) is 3.30. The Morgan fingerprint density at radius 2 is 1.91 bits per heavy atom. The molecular formula is C23H14Cl2N2O4S3. The zero-order valence-electron chi connectivity index (χ0n) is 17.2. The molecule has 2 N–H and O–H groups in total. The van der Waals surface area contributed by atoms with Crippen molar-refractivity contribution in [2.75, 3.05) is 5.32 Å². The van der Waals surface area contributed by atoms with Crippen LogP contribution in [0.15, 0.2) is 36.4 Å². The number of thiophene rings is 2. The second-order valence-electron chi connectivity index (χ2n) is 7.56. The number of fused-ring (bicyclic) bond motifs is 1. The van der Waals surface area contributed by atoms with Crippen molar-refractivity contribution in [3.63, 3.8) is 0 Å². The number of aromatic nitrogens is 1. The first-order valence-corrected chi connectivity index (χ1v) is 13.1. The molecule has 0 bridgehead atoms. The minimum atomic E-state index is -0.756. The highest BCUT2D eigenvalue weighted by atomic mass is 35.5. The van der Waals surface area contributed by atoms with E-state index in [4.69, 9.17) is 27.9 Å². The monoisotopic (exact) mass is 548 g/mol. The molecule has 3 aromatic heterocycles. The Morgan fingerprint density at radius 1 is 1.15 bits per heavy atom. The molecule has 0 radical (unpaired) electrons. The maximum atomic E-state index is 12.3. The van der Waals surface area contributed by atoms with E-state index < -0.39 is 17.5 Å². The molecule has 1 amide bonds. The largest absolute Gasteiger partial charge is 0.481 e. The normalized spacial score (nSPS) is 13.8. The number of carbonyl (C=O) groups is 2. The maximum Gasteiger partial charge on any atom is 0.412 e. The highest BCUT2D eigenvalue weighted by Crippen LogP contribution is 2.52. The SMILES string of the molecule is O=C(Nc1c(Cl)nsc1C#Cc1cc2sc(C3(C(=O)O)CC3)cc2s1)OCc1ccccc1Cl. The Labute approximate surface area is 216 Å². The van der Waals surface area contributed by atoms with Gasteiger partial charge in [-0.25, -0.2) is 4.79 Å². The first-order valence-electron chi connectivity index (χ1n) is 9.97. The van der Waals surface area contributed by atoms with Gasteiger partial charge in [0.05, 0.1) is 4.88 Å². The van der Waals surface area contributed by atoms with E-state index in [-0.39, 0.29) is 11.8 Å². The van der Waals surface area contributed by atoms with Crippen LogP contribution in [-0.4, -0.2) is 21.5 Å². The van der Waals surface area contributed by atoms with Gasteiger partial charge in [-0.15, -0.1) is 22.7 Å². The van der Waals surface area contributed by atoms with Crippen LogP contribution in [0.25, 0.3) is 9.40 Å². The van der Waals surface area contributed by atoms with Crippen molar-refractivity contribution in [1.29, 1.82) is 0 Å². The van der Waals surface area contributed by atoms with Crippen molar-refractivity contribution in [3.8, 4) is 11.8 Å². The minimum Gasteiger partial charge on any atom is -0.481 e. The number of nitrogens with zero attached hydrogens (tertiary/aromatic N) is 1. The van der Waals surface area contributed by atoms with E-state index in [1.807, 2.05) is 18.2 Å². The third-order valence-electron chi connectivity index (χ3n) is 5.33. The number of anilines is 1. The molecular weight excluding hydrogens is 535 g/mol. The lowest BCUT2D eigenvalue weighted by molar-refractivity contribution is -0.139. The number of hydrogen-bond donors (Lipinski definition) is 2. The summed E-state index contributed by atoms with van der Waals surface area (Å²) >= 11 is 16.3. The number of carboxylic acids is 1. The van der Waals surface area contributed by atoms with Crippen LogP contribution >= 0.6 is 57.4 Å². The number of aliphatic carboxylic acids is 1. The first kappa shape index (κ1) is 23.1. The topological polar surface area (TPSA) is 88.5 Å². The number of hydrogen-bond acceptors (Lipinski definition) is 7. The van der Waals surface area contributed by atoms with E-state index in [1.165, 1.54) is 22.7 Å². The maximum absolute atomic E-state index is 12.3.